The van der Waals surface area contributed by atoms with Gasteiger partial charge in [0.2, 0.25) is 5.91 Å². The number of hydrogen-bond donors (Lipinski definition) is 2. The van der Waals surface area contributed by atoms with E-state index in [9.17, 15) is 14.7 Å². The molecule has 1 aliphatic heterocycles. The van der Waals surface area contributed by atoms with Crippen molar-refractivity contribution in [2.75, 3.05) is 19.8 Å². The molecule has 0 bridgehead atoms. The van der Waals surface area contributed by atoms with Gasteiger partial charge in [-0.25, -0.2) is 0 Å². The molecular weight excluding hydrogens is 270 g/mol. The van der Waals surface area contributed by atoms with Crippen molar-refractivity contribution in [3.63, 3.8) is 0 Å². The molecule has 21 heavy (non-hydrogen) atoms. The predicted octanol–water partition coefficient (Wildman–Crippen LogP) is 2.20. The van der Waals surface area contributed by atoms with E-state index in [4.69, 9.17) is 4.74 Å². The highest BCUT2D eigenvalue weighted by Gasteiger charge is 2.42. The standard InChI is InChI=1S/C16H27NO4/c1-15(2)6-4-3-5-12(15)13(18)17-11-16(14(19)20)7-9-21-10-8-16/h12H,3-11H2,1-2H3,(H,17,18)(H,19,20). The van der Waals surface area contributed by atoms with Crippen LogP contribution < -0.4 is 5.32 Å². The maximum Gasteiger partial charge on any atom is 0.311 e. The number of aliphatic carboxylic acids is 1. The summed E-state index contributed by atoms with van der Waals surface area (Å²) >= 11 is 0. The predicted molar refractivity (Wildman–Crippen MR) is 78.9 cm³/mol. The van der Waals surface area contributed by atoms with Gasteiger partial charge in [-0.05, 0) is 31.1 Å². The van der Waals surface area contributed by atoms with Crippen LogP contribution >= 0.6 is 0 Å². The molecule has 0 aromatic carbocycles. The minimum absolute atomic E-state index is 0.00284. The Morgan fingerprint density at radius 2 is 1.86 bits per heavy atom. The fourth-order valence-electron chi connectivity index (χ4n) is 3.59. The summed E-state index contributed by atoms with van der Waals surface area (Å²) in [6.07, 6.45) is 5.16. The van der Waals surface area contributed by atoms with E-state index in [0.717, 1.165) is 19.3 Å². The summed E-state index contributed by atoms with van der Waals surface area (Å²) < 4.78 is 5.26. The van der Waals surface area contributed by atoms with Crippen LogP contribution in [0.1, 0.15) is 52.4 Å². The Balaban J connectivity index is 1.97. The lowest BCUT2D eigenvalue weighted by atomic mass is 9.68. The number of nitrogens with one attached hydrogen (secondary N) is 1. The number of rotatable bonds is 4. The Morgan fingerprint density at radius 1 is 1.19 bits per heavy atom. The van der Waals surface area contributed by atoms with Crippen LogP contribution in [0.15, 0.2) is 0 Å². The molecule has 0 radical (unpaired) electrons. The third-order valence-corrected chi connectivity index (χ3v) is 5.33. The number of hydrogen-bond acceptors (Lipinski definition) is 3. The number of carboxylic acids is 1. The summed E-state index contributed by atoms with van der Waals surface area (Å²) in [6.45, 7) is 5.40. The topological polar surface area (TPSA) is 75.6 Å². The lowest BCUT2D eigenvalue weighted by Gasteiger charge is -2.39. The maximum atomic E-state index is 12.5. The Bertz CT molecular complexity index is 399. The number of carbonyl (C=O) groups excluding carboxylic acids is 1. The Kier molecular flexibility index (Phi) is 4.91. The van der Waals surface area contributed by atoms with Crippen molar-refractivity contribution in [1.29, 1.82) is 0 Å². The molecule has 1 saturated heterocycles. The normalized spacial score (nSPS) is 27.8. The van der Waals surface area contributed by atoms with Gasteiger partial charge >= 0.3 is 5.97 Å². The van der Waals surface area contributed by atoms with E-state index < -0.39 is 11.4 Å². The Labute approximate surface area is 126 Å². The molecule has 1 heterocycles. The van der Waals surface area contributed by atoms with E-state index in [1.54, 1.807) is 0 Å². The molecule has 1 atom stereocenters. The van der Waals surface area contributed by atoms with E-state index in [0.29, 0.717) is 26.1 Å². The third kappa shape index (κ3) is 3.57. The first-order chi connectivity index (χ1) is 9.87. The van der Waals surface area contributed by atoms with Crippen molar-refractivity contribution < 1.29 is 19.4 Å². The van der Waals surface area contributed by atoms with E-state index >= 15 is 0 Å². The molecule has 0 aromatic heterocycles. The summed E-state index contributed by atoms with van der Waals surface area (Å²) in [4.78, 5) is 24.1. The second-order valence-corrected chi connectivity index (χ2v) is 7.20. The number of amides is 1. The first-order valence-corrected chi connectivity index (χ1v) is 7.96. The third-order valence-electron chi connectivity index (χ3n) is 5.33. The highest BCUT2D eigenvalue weighted by Crippen LogP contribution is 2.40. The summed E-state index contributed by atoms with van der Waals surface area (Å²) in [5, 5.41) is 12.4. The highest BCUT2D eigenvalue weighted by atomic mass is 16.5. The zero-order valence-corrected chi connectivity index (χ0v) is 13.1. The Hall–Kier alpha value is -1.10. The maximum absolute atomic E-state index is 12.5. The van der Waals surface area contributed by atoms with Gasteiger partial charge in [0.05, 0.1) is 5.41 Å². The van der Waals surface area contributed by atoms with Gasteiger partial charge in [-0.15, -0.1) is 0 Å². The summed E-state index contributed by atoms with van der Waals surface area (Å²) in [6, 6.07) is 0. The molecule has 1 saturated carbocycles. The summed E-state index contributed by atoms with van der Waals surface area (Å²) in [5.74, 6) is -0.808. The van der Waals surface area contributed by atoms with Gasteiger partial charge in [0, 0.05) is 25.7 Å². The van der Waals surface area contributed by atoms with Gasteiger partial charge in [-0.2, -0.15) is 0 Å². The zero-order chi connectivity index (χ0) is 15.5. The van der Waals surface area contributed by atoms with Crippen molar-refractivity contribution >= 4 is 11.9 Å². The van der Waals surface area contributed by atoms with Gasteiger partial charge < -0.3 is 15.2 Å². The number of ether oxygens (including phenoxy) is 1. The van der Waals surface area contributed by atoms with Gasteiger partial charge in [0.15, 0.2) is 0 Å². The van der Waals surface area contributed by atoms with Crippen molar-refractivity contribution in [3.8, 4) is 0 Å². The summed E-state index contributed by atoms with van der Waals surface area (Å²) in [7, 11) is 0. The van der Waals surface area contributed by atoms with E-state index in [2.05, 4.69) is 19.2 Å². The van der Waals surface area contributed by atoms with Crippen LogP contribution in [0, 0.1) is 16.7 Å². The smallest absolute Gasteiger partial charge is 0.311 e. The molecular formula is C16H27NO4. The fraction of sp³-hybridized carbons (Fsp3) is 0.875. The largest absolute Gasteiger partial charge is 0.481 e. The SMILES string of the molecule is CC1(C)CCCCC1C(=O)NCC1(C(=O)O)CCOCC1. The average Bonchev–Trinajstić information content (AvgIpc) is 2.45. The first-order valence-electron chi connectivity index (χ1n) is 7.96. The quantitative estimate of drug-likeness (QED) is 0.834. The van der Waals surface area contributed by atoms with Crippen LogP contribution in [-0.4, -0.2) is 36.7 Å². The fourth-order valence-corrected chi connectivity index (χ4v) is 3.59. The van der Waals surface area contributed by atoms with Gasteiger partial charge in [-0.1, -0.05) is 26.7 Å². The van der Waals surface area contributed by atoms with Crippen LogP contribution in [0.2, 0.25) is 0 Å². The highest BCUT2D eigenvalue weighted by molar-refractivity contribution is 5.81. The zero-order valence-electron chi connectivity index (χ0n) is 13.1. The minimum atomic E-state index is -0.854. The van der Waals surface area contributed by atoms with Crippen molar-refractivity contribution in [1.82, 2.24) is 5.32 Å². The monoisotopic (exact) mass is 297 g/mol. The molecule has 5 nitrogen and oxygen atoms in total. The Morgan fingerprint density at radius 3 is 2.43 bits per heavy atom. The molecule has 2 fully saturated rings. The number of carboxylic acid groups (broad SMARTS) is 1. The lowest BCUT2D eigenvalue weighted by molar-refractivity contribution is -0.155. The molecule has 120 valence electrons. The molecule has 1 unspecified atom stereocenters. The van der Waals surface area contributed by atoms with E-state index in [-0.39, 0.29) is 23.8 Å². The van der Waals surface area contributed by atoms with Crippen LogP contribution in [0.3, 0.4) is 0 Å². The van der Waals surface area contributed by atoms with Crippen LogP contribution in [0.25, 0.3) is 0 Å². The van der Waals surface area contributed by atoms with Gasteiger partial charge in [0.25, 0.3) is 0 Å². The second-order valence-electron chi connectivity index (χ2n) is 7.20. The number of carbonyl (C=O) groups is 2. The molecule has 2 N–H and O–H groups in total. The summed E-state index contributed by atoms with van der Waals surface area (Å²) in [5.41, 5.74) is -0.846. The molecule has 0 spiro atoms. The average molecular weight is 297 g/mol. The molecule has 1 aliphatic carbocycles. The van der Waals surface area contributed by atoms with E-state index in [1.165, 1.54) is 6.42 Å². The second kappa shape index (κ2) is 6.34. The minimum Gasteiger partial charge on any atom is -0.481 e. The molecule has 0 aromatic rings. The van der Waals surface area contributed by atoms with Crippen molar-refractivity contribution in [3.05, 3.63) is 0 Å². The molecule has 2 rings (SSSR count). The van der Waals surface area contributed by atoms with Crippen molar-refractivity contribution in [2.24, 2.45) is 16.7 Å². The lowest BCUT2D eigenvalue weighted by Crippen LogP contribution is -2.49. The van der Waals surface area contributed by atoms with Gasteiger partial charge in [0.1, 0.15) is 0 Å². The van der Waals surface area contributed by atoms with Crippen molar-refractivity contribution in [2.45, 2.75) is 52.4 Å². The molecule has 5 heteroatoms. The van der Waals surface area contributed by atoms with Crippen LogP contribution in [-0.2, 0) is 14.3 Å². The van der Waals surface area contributed by atoms with E-state index in [1.807, 2.05) is 0 Å². The van der Waals surface area contributed by atoms with Gasteiger partial charge in [-0.3, -0.25) is 9.59 Å². The first kappa shape index (κ1) is 16.3. The molecule has 2 aliphatic rings. The van der Waals surface area contributed by atoms with Crippen LogP contribution in [0.5, 0.6) is 0 Å². The van der Waals surface area contributed by atoms with Crippen LogP contribution in [0.4, 0.5) is 0 Å². The molecule has 1 amide bonds.